The summed E-state index contributed by atoms with van der Waals surface area (Å²) in [4.78, 5) is 31.5. The Labute approximate surface area is 192 Å². The molecule has 0 fully saturated rings. The molecule has 0 aliphatic heterocycles. The molecule has 0 aliphatic rings. The molecule has 2 heterocycles. The summed E-state index contributed by atoms with van der Waals surface area (Å²) in [6, 6.07) is 17.7. The Balaban J connectivity index is 1.67. The van der Waals surface area contributed by atoms with Crippen molar-refractivity contribution in [1.29, 1.82) is 0 Å². The highest BCUT2D eigenvalue weighted by Gasteiger charge is 2.21. The van der Waals surface area contributed by atoms with E-state index < -0.39 is 11.1 Å². The molecule has 162 valence electrons. The summed E-state index contributed by atoms with van der Waals surface area (Å²) in [6.07, 6.45) is 1.62. The number of halogens is 1. The first-order valence-electron chi connectivity index (χ1n) is 9.90. The molecule has 32 heavy (non-hydrogen) atoms. The average Bonchev–Trinajstić information content (AvgIpc) is 3.23. The molecule has 1 atom stereocenters. The number of aromatic nitrogens is 2. The standard InChI is InChI=1S/C24H20FN3O2S2/c1-3-13-28-23(30)21-19(14-20(32-21)16-9-5-4-6-10-16)27-24(28)31-15(2)22(29)26-18-12-8-7-11-17(18)25/h3-12,14-15H,1,13H2,2H3,(H,26,29). The molecule has 4 aromatic rings. The fraction of sp³-hybridized carbons (Fsp3) is 0.125. The number of benzene rings is 2. The largest absolute Gasteiger partial charge is 0.323 e. The van der Waals surface area contributed by atoms with E-state index in [1.54, 1.807) is 25.1 Å². The van der Waals surface area contributed by atoms with Crippen molar-refractivity contribution in [2.45, 2.75) is 23.9 Å². The molecule has 0 aliphatic carbocycles. The van der Waals surface area contributed by atoms with Crippen LogP contribution in [0.25, 0.3) is 20.7 Å². The first kappa shape index (κ1) is 22.0. The topological polar surface area (TPSA) is 64.0 Å². The third kappa shape index (κ3) is 4.51. The van der Waals surface area contributed by atoms with E-state index in [0.29, 0.717) is 15.4 Å². The molecule has 0 saturated carbocycles. The summed E-state index contributed by atoms with van der Waals surface area (Å²) in [5.41, 5.74) is 1.54. The molecule has 1 amide bonds. The first-order valence-corrected chi connectivity index (χ1v) is 11.6. The zero-order chi connectivity index (χ0) is 22.7. The van der Waals surface area contributed by atoms with E-state index >= 15 is 0 Å². The number of anilines is 1. The number of amides is 1. The second-order valence-electron chi connectivity index (χ2n) is 7.02. The van der Waals surface area contributed by atoms with Crippen LogP contribution >= 0.6 is 23.1 Å². The number of para-hydroxylation sites is 1. The molecule has 1 unspecified atom stereocenters. The van der Waals surface area contributed by atoms with E-state index in [0.717, 1.165) is 22.2 Å². The lowest BCUT2D eigenvalue weighted by Crippen LogP contribution is -2.26. The van der Waals surface area contributed by atoms with Gasteiger partial charge in [0.25, 0.3) is 5.56 Å². The van der Waals surface area contributed by atoms with Crippen LogP contribution in [0, 0.1) is 5.82 Å². The number of carbonyl (C=O) groups is 1. The van der Waals surface area contributed by atoms with Crippen LogP contribution in [-0.2, 0) is 11.3 Å². The maximum Gasteiger partial charge on any atom is 0.272 e. The number of carbonyl (C=O) groups excluding carboxylic acids is 1. The van der Waals surface area contributed by atoms with Gasteiger partial charge >= 0.3 is 0 Å². The quantitative estimate of drug-likeness (QED) is 0.220. The van der Waals surface area contributed by atoms with Crippen LogP contribution in [0.2, 0.25) is 0 Å². The van der Waals surface area contributed by atoms with Crippen LogP contribution in [0.4, 0.5) is 10.1 Å². The minimum Gasteiger partial charge on any atom is -0.323 e. The molecular formula is C24H20FN3O2S2. The molecule has 4 rings (SSSR count). The average molecular weight is 466 g/mol. The third-order valence-electron chi connectivity index (χ3n) is 4.75. The summed E-state index contributed by atoms with van der Waals surface area (Å²) >= 11 is 2.55. The zero-order valence-corrected chi connectivity index (χ0v) is 18.9. The molecule has 5 nitrogen and oxygen atoms in total. The van der Waals surface area contributed by atoms with E-state index in [1.165, 1.54) is 28.0 Å². The molecule has 0 saturated heterocycles. The fourth-order valence-corrected chi connectivity index (χ4v) is 5.09. The van der Waals surface area contributed by atoms with Gasteiger partial charge in [0, 0.05) is 11.4 Å². The van der Waals surface area contributed by atoms with Gasteiger partial charge in [0.2, 0.25) is 5.91 Å². The number of nitrogens with zero attached hydrogens (tertiary/aromatic N) is 2. The van der Waals surface area contributed by atoms with Gasteiger partial charge in [-0.1, -0.05) is 60.3 Å². The Kier molecular flexibility index (Phi) is 6.53. The summed E-state index contributed by atoms with van der Waals surface area (Å²) < 4.78 is 16.0. The Morgan fingerprint density at radius 1 is 1.25 bits per heavy atom. The van der Waals surface area contributed by atoms with Crippen LogP contribution in [0.15, 0.2) is 83.3 Å². The van der Waals surface area contributed by atoms with E-state index in [4.69, 9.17) is 0 Å². The zero-order valence-electron chi connectivity index (χ0n) is 17.2. The molecule has 0 bridgehead atoms. The highest BCUT2D eigenvalue weighted by Crippen LogP contribution is 2.32. The number of nitrogens with one attached hydrogen (secondary N) is 1. The molecule has 0 spiro atoms. The summed E-state index contributed by atoms with van der Waals surface area (Å²) in [6.45, 7) is 5.70. The van der Waals surface area contributed by atoms with Crippen LogP contribution in [-0.4, -0.2) is 20.7 Å². The molecule has 2 aromatic heterocycles. The fourth-order valence-electron chi connectivity index (χ4n) is 3.12. The van der Waals surface area contributed by atoms with E-state index in [1.807, 2.05) is 36.4 Å². The van der Waals surface area contributed by atoms with Gasteiger partial charge in [-0.2, -0.15) is 0 Å². The Hall–Kier alpha value is -3.23. The molecule has 2 aromatic carbocycles. The van der Waals surface area contributed by atoms with E-state index in [2.05, 4.69) is 16.9 Å². The Morgan fingerprint density at radius 2 is 1.97 bits per heavy atom. The van der Waals surface area contributed by atoms with Crippen molar-refractivity contribution >= 4 is 44.9 Å². The summed E-state index contributed by atoms with van der Waals surface area (Å²) in [5.74, 6) is -0.886. The van der Waals surface area contributed by atoms with E-state index in [-0.39, 0.29) is 23.7 Å². The molecule has 1 N–H and O–H groups in total. The second kappa shape index (κ2) is 9.50. The third-order valence-corrected chi connectivity index (χ3v) is 7.00. The number of thioether (sulfide) groups is 1. The lowest BCUT2D eigenvalue weighted by atomic mass is 10.2. The molecule has 8 heteroatoms. The number of hydrogen-bond donors (Lipinski definition) is 1. The van der Waals surface area contributed by atoms with Gasteiger partial charge in [0.1, 0.15) is 10.5 Å². The van der Waals surface area contributed by atoms with Crippen molar-refractivity contribution in [3.63, 3.8) is 0 Å². The number of allylic oxidation sites excluding steroid dienone is 1. The minimum atomic E-state index is -0.609. The molecule has 0 radical (unpaired) electrons. The van der Waals surface area contributed by atoms with Crippen molar-refractivity contribution < 1.29 is 9.18 Å². The van der Waals surface area contributed by atoms with E-state index in [9.17, 15) is 14.0 Å². The predicted molar refractivity (Wildman–Crippen MR) is 130 cm³/mol. The van der Waals surface area contributed by atoms with Gasteiger partial charge in [-0.05, 0) is 30.7 Å². The number of fused-ring (bicyclic) bond motifs is 1. The second-order valence-corrected chi connectivity index (χ2v) is 9.38. The normalized spacial score (nSPS) is 11.9. The lowest BCUT2D eigenvalue weighted by Gasteiger charge is -2.15. The maximum atomic E-state index is 13.9. The smallest absolute Gasteiger partial charge is 0.272 e. The number of thiophene rings is 1. The van der Waals surface area contributed by atoms with Crippen molar-refractivity contribution in [2.24, 2.45) is 0 Å². The maximum absolute atomic E-state index is 13.9. The van der Waals surface area contributed by atoms with Crippen LogP contribution in [0.3, 0.4) is 0 Å². The van der Waals surface area contributed by atoms with Crippen molar-refractivity contribution in [1.82, 2.24) is 9.55 Å². The Bertz CT molecular complexity index is 1350. The highest BCUT2D eigenvalue weighted by molar-refractivity contribution is 8.00. The van der Waals surface area contributed by atoms with Crippen molar-refractivity contribution in [3.8, 4) is 10.4 Å². The van der Waals surface area contributed by atoms with Gasteiger partial charge in [-0.3, -0.25) is 14.2 Å². The SMILES string of the molecule is C=CCn1c(SC(C)C(=O)Nc2ccccc2F)nc2cc(-c3ccccc3)sc2c1=O. The van der Waals surface area contributed by atoms with Crippen LogP contribution in [0.5, 0.6) is 0 Å². The molecular weight excluding hydrogens is 445 g/mol. The monoisotopic (exact) mass is 465 g/mol. The number of rotatable bonds is 7. The first-order chi connectivity index (χ1) is 15.5. The lowest BCUT2D eigenvalue weighted by molar-refractivity contribution is -0.115. The summed E-state index contributed by atoms with van der Waals surface area (Å²) in [5, 5.41) is 2.39. The highest BCUT2D eigenvalue weighted by atomic mass is 32.2. The van der Waals surface area contributed by atoms with Crippen LogP contribution < -0.4 is 10.9 Å². The van der Waals surface area contributed by atoms with Crippen LogP contribution in [0.1, 0.15) is 6.92 Å². The van der Waals surface area contributed by atoms with Crippen molar-refractivity contribution in [3.05, 3.63) is 89.5 Å². The van der Waals surface area contributed by atoms with Gasteiger partial charge in [-0.15, -0.1) is 17.9 Å². The summed E-state index contributed by atoms with van der Waals surface area (Å²) in [7, 11) is 0. The van der Waals surface area contributed by atoms with Gasteiger partial charge in [0.15, 0.2) is 5.16 Å². The predicted octanol–water partition coefficient (Wildman–Crippen LogP) is 5.57. The van der Waals surface area contributed by atoms with Gasteiger partial charge in [0.05, 0.1) is 16.5 Å². The minimum absolute atomic E-state index is 0.113. The van der Waals surface area contributed by atoms with Gasteiger partial charge < -0.3 is 5.32 Å². The number of hydrogen-bond acceptors (Lipinski definition) is 5. The Morgan fingerprint density at radius 3 is 2.69 bits per heavy atom. The van der Waals surface area contributed by atoms with Crippen molar-refractivity contribution in [2.75, 3.05) is 5.32 Å². The van der Waals surface area contributed by atoms with Gasteiger partial charge in [-0.25, -0.2) is 9.37 Å².